The predicted molar refractivity (Wildman–Crippen MR) is 117 cm³/mol. The van der Waals surface area contributed by atoms with Crippen LogP contribution in [0.25, 0.3) is 0 Å². The highest BCUT2D eigenvalue weighted by molar-refractivity contribution is 6.05. The summed E-state index contributed by atoms with van der Waals surface area (Å²) in [7, 11) is 0. The molecule has 156 valence electrons. The number of phenols is 1. The lowest BCUT2D eigenvalue weighted by atomic mass is 9.74. The van der Waals surface area contributed by atoms with Gasteiger partial charge in [0.1, 0.15) is 0 Å². The first-order chi connectivity index (χ1) is 14.6. The zero-order chi connectivity index (χ0) is 20.6. The van der Waals surface area contributed by atoms with Crippen molar-refractivity contribution in [1.82, 2.24) is 14.7 Å². The van der Waals surface area contributed by atoms with E-state index in [1.165, 1.54) is 0 Å². The zero-order valence-corrected chi connectivity index (χ0v) is 17.2. The molecule has 2 aromatic carbocycles. The second-order valence-corrected chi connectivity index (χ2v) is 8.41. The van der Waals surface area contributed by atoms with Crippen molar-refractivity contribution in [2.75, 3.05) is 46.2 Å². The predicted octanol–water partition coefficient (Wildman–Crippen LogP) is 2.42. The van der Waals surface area contributed by atoms with E-state index < -0.39 is 0 Å². The molecule has 4 aliphatic heterocycles. The van der Waals surface area contributed by atoms with Crippen molar-refractivity contribution in [3.63, 3.8) is 0 Å². The molecule has 0 spiro atoms. The maximum Gasteiger partial charge on any atom is 0.161 e. The van der Waals surface area contributed by atoms with Gasteiger partial charge in [-0.3, -0.25) is 14.7 Å². The Kier molecular flexibility index (Phi) is 5.02. The average Bonchev–Trinajstić information content (AvgIpc) is 2.73. The Hall–Kier alpha value is -2.74. The third kappa shape index (κ3) is 3.60. The molecule has 0 amide bonds. The summed E-state index contributed by atoms with van der Waals surface area (Å²) in [5, 5.41) is 19.2. The molecular weight excluding hydrogens is 378 g/mol. The molecule has 4 fully saturated rings. The van der Waals surface area contributed by atoms with Gasteiger partial charge in [0.25, 0.3) is 0 Å². The molecule has 6 rings (SSSR count). The van der Waals surface area contributed by atoms with Crippen LogP contribution < -0.4 is 4.74 Å². The van der Waals surface area contributed by atoms with Gasteiger partial charge in [0, 0.05) is 19.6 Å². The summed E-state index contributed by atoms with van der Waals surface area (Å²) in [5.74, 6) is 0.594. The summed E-state index contributed by atoms with van der Waals surface area (Å²) in [6.07, 6.45) is 1.73. The summed E-state index contributed by atoms with van der Waals surface area (Å²) in [5.41, 5.74) is 2.97. The van der Waals surface area contributed by atoms with Gasteiger partial charge in [0.15, 0.2) is 11.5 Å². The number of ether oxygens (including phenoxy) is 1. The lowest BCUT2D eigenvalue weighted by molar-refractivity contribution is -0.149. The van der Waals surface area contributed by atoms with Gasteiger partial charge >= 0.3 is 0 Å². The molecule has 4 aliphatic rings. The Morgan fingerprint density at radius 1 is 1.03 bits per heavy atom. The normalized spacial score (nSPS) is 30.2. The van der Waals surface area contributed by atoms with Crippen LogP contribution in [0.1, 0.15) is 18.1 Å². The van der Waals surface area contributed by atoms with Crippen LogP contribution in [0, 0.1) is 5.41 Å². The highest BCUT2D eigenvalue weighted by atomic mass is 16.5. The summed E-state index contributed by atoms with van der Waals surface area (Å²) in [6, 6.07) is 15.6. The molecule has 0 aliphatic carbocycles. The third-order valence-corrected chi connectivity index (χ3v) is 5.98. The van der Waals surface area contributed by atoms with Crippen molar-refractivity contribution in [2.24, 2.45) is 15.6 Å². The molecule has 30 heavy (non-hydrogen) atoms. The highest BCUT2D eigenvalue weighted by Crippen LogP contribution is 2.38. The molecule has 1 N–H and O–H groups in total. The Labute approximate surface area is 176 Å². The van der Waals surface area contributed by atoms with E-state index in [9.17, 15) is 5.11 Å². The van der Waals surface area contributed by atoms with E-state index in [4.69, 9.17) is 9.84 Å². The van der Waals surface area contributed by atoms with Gasteiger partial charge in [-0.2, -0.15) is 10.2 Å². The minimum absolute atomic E-state index is 0.0428. The van der Waals surface area contributed by atoms with E-state index in [0.29, 0.717) is 12.4 Å². The SMILES string of the molecule is CCOc1cc(/C=N/N=C(\c2ccccc2)C23CN4CN(CN(C4)C2)C3)ccc1O. The number of hydrogen-bond acceptors (Lipinski definition) is 7. The van der Waals surface area contributed by atoms with Gasteiger partial charge in [-0.25, -0.2) is 0 Å². The summed E-state index contributed by atoms with van der Waals surface area (Å²) < 4.78 is 5.47. The number of hydrogen-bond donors (Lipinski definition) is 1. The lowest BCUT2D eigenvalue weighted by Crippen LogP contribution is -2.74. The number of phenolic OH excluding ortho intramolecular Hbond substituents is 1. The molecule has 2 aromatic rings. The molecule has 0 aromatic heterocycles. The fraction of sp³-hybridized carbons (Fsp3) is 0.391. The van der Waals surface area contributed by atoms with Crippen molar-refractivity contribution in [1.29, 1.82) is 0 Å². The average molecular weight is 406 g/mol. The molecule has 0 unspecified atom stereocenters. The van der Waals surface area contributed by atoms with E-state index in [0.717, 1.165) is 56.5 Å². The number of rotatable bonds is 6. The molecule has 0 atom stereocenters. The summed E-state index contributed by atoms with van der Waals surface area (Å²) >= 11 is 0. The summed E-state index contributed by atoms with van der Waals surface area (Å²) in [4.78, 5) is 7.48. The third-order valence-electron chi connectivity index (χ3n) is 5.98. The molecule has 0 saturated carbocycles. The van der Waals surface area contributed by atoms with E-state index in [1.807, 2.05) is 19.1 Å². The lowest BCUT2D eigenvalue weighted by Gasteiger charge is -2.60. The van der Waals surface area contributed by atoms with Gasteiger partial charge in [-0.15, -0.1) is 0 Å². The quantitative estimate of drug-likeness (QED) is 0.591. The molecule has 7 nitrogen and oxygen atoms in total. The van der Waals surface area contributed by atoms with Crippen LogP contribution in [0.5, 0.6) is 11.5 Å². The van der Waals surface area contributed by atoms with E-state index >= 15 is 0 Å². The molecule has 4 heterocycles. The van der Waals surface area contributed by atoms with Crippen LogP contribution >= 0.6 is 0 Å². The topological polar surface area (TPSA) is 63.9 Å². The van der Waals surface area contributed by atoms with Gasteiger partial charge in [-0.1, -0.05) is 30.3 Å². The first-order valence-corrected chi connectivity index (χ1v) is 10.4. The fourth-order valence-electron chi connectivity index (χ4n) is 5.04. The molecule has 4 bridgehead atoms. The van der Waals surface area contributed by atoms with Crippen molar-refractivity contribution in [2.45, 2.75) is 6.92 Å². The molecule has 7 heteroatoms. The maximum atomic E-state index is 9.91. The standard InChI is InChI=1S/C23H27N5O2/c1-2-30-21-10-18(8-9-20(21)29)11-24-25-22(19-6-4-3-5-7-19)23-12-26-15-27(13-23)17-28(14-23)16-26/h3-11,29H,2,12-17H2,1H3/b24-11+,25-22+. The van der Waals surface area contributed by atoms with Crippen molar-refractivity contribution >= 4 is 11.9 Å². The van der Waals surface area contributed by atoms with Crippen LogP contribution in [-0.4, -0.2) is 78.0 Å². The van der Waals surface area contributed by atoms with Crippen molar-refractivity contribution in [3.8, 4) is 11.5 Å². The minimum atomic E-state index is -0.0428. The van der Waals surface area contributed by atoms with Crippen LogP contribution in [0.3, 0.4) is 0 Å². The second-order valence-electron chi connectivity index (χ2n) is 8.41. The van der Waals surface area contributed by atoms with E-state index in [-0.39, 0.29) is 11.2 Å². The van der Waals surface area contributed by atoms with Crippen molar-refractivity contribution < 1.29 is 9.84 Å². The minimum Gasteiger partial charge on any atom is -0.504 e. The fourth-order valence-corrected chi connectivity index (χ4v) is 5.04. The first-order valence-electron chi connectivity index (χ1n) is 10.4. The van der Waals surface area contributed by atoms with E-state index in [1.54, 1.807) is 18.3 Å². The van der Waals surface area contributed by atoms with Gasteiger partial charge in [-0.05, 0) is 36.2 Å². The number of nitrogens with zero attached hydrogens (tertiary/aromatic N) is 5. The monoisotopic (exact) mass is 405 g/mol. The second kappa shape index (κ2) is 7.83. The Morgan fingerprint density at radius 3 is 2.33 bits per heavy atom. The first kappa shape index (κ1) is 19.2. The van der Waals surface area contributed by atoms with Crippen LogP contribution in [0.4, 0.5) is 0 Å². The maximum absolute atomic E-state index is 9.91. The molecule has 0 radical (unpaired) electrons. The summed E-state index contributed by atoms with van der Waals surface area (Å²) in [6.45, 7) is 8.54. The van der Waals surface area contributed by atoms with Gasteiger partial charge in [0.2, 0.25) is 0 Å². The van der Waals surface area contributed by atoms with E-state index in [2.05, 4.69) is 44.1 Å². The Morgan fingerprint density at radius 2 is 1.70 bits per heavy atom. The molecular formula is C23H27N5O2. The highest BCUT2D eigenvalue weighted by Gasteiger charge is 2.51. The van der Waals surface area contributed by atoms with Crippen LogP contribution in [0.2, 0.25) is 0 Å². The Bertz CT molecular complexity index is 938. The van der Waals surface area contributed by atoms with Gasteiger partial charge < -0.3 is 9.84 Å². The Balaban J connectivity index is 1.48. The zero-order valence-electron chi connectivity index (χ0n) is 17.2. The van der Waals surface area contributed by atoms with Crippen molar-refractivity contribution in [3.05, 3.63) is 59.7 Å². The van der Waals surface area contributed by atoms with Crippen LogP contribution in [0.15, 0.2) is 58.7 Å². The molecule has 4 saturated heterocycles. The van der Waals surface area contributed by atoms with Gasteiger partial charge in [0.05, 0.1) is 44.0 Å². The van der Waals surface area contributed by atoms with Crippen LogP contribution in [-0.2, 0) is 0 Å². The largest absolute Gasteiger partial charge is 0.504 e. The number of benzene rings is 2. The number of aromatic hydroxyl groups is 1. The smallest absolute Gasteiger partial charge is 0.161 e.